The van der Waals surface area contributed by atoms with E-state index >= 15 is 0 Å². The fourth-order valence-electron chi connectivity index (χ4n) is 2.13. The molecule has 0 aliphatic carbocycles. The molecular weight excluding hydrogens is 216 g/mol. The Hall–Kier alpha value is -0.610. The average Bonchev–Trinajstić information content (AvgIpc) is 2.27. The van der Waals surface area contributed by atoms with Crippen molar-refractivity contribution in [3.63, 3.8) is 0 Å². The van der Waals surface area contributed by atoms with Crippen LogP contribution in [0.3, 0.4) is 0 Å². The lowest BCUT2D eigenvalue weighted by Gasteiger charge is -2.34. The number of aliphatic hydroxyl groups is 1. The molecule has 0 aromatic rings. The molecule has 1 amide bonds. The molecule has 0 radical (unpaired) electrons. The predicted molar refractivity (Wildman–Crippen MR) is 68.7 cm³/mol. The van der Waals surface area contributed by atoms with Gasteiger partial charge in [0.05, 0.1) is 12.1 Å². The highest BCUT2D eigenvalue weighted by Gasteiger charge is 2.25. The van der Waals surface area contributed by atoms with E-state index in [-0.39, 0.29) is 18.1 Å². The molecule has 2 atom stereocenters. The van der Waals surface area contributed by atoms with Crippen molar-refractivity contribution in [3.8, 4) is 0 Å². The molecule has 0 saturated carbocycles. The predicted octanol–water partition coefficient (Wildman–Crippen LogP) is 0.994. The number of likely N-dealkylation sites (tertiary alicyclic amines) is 1. The lowest BCUT2D eigenvalue weighted by atomic mass is 10.1. The van der Waals surface area contributed by atoms with Gasteiger partial charge in [-0.1, -0.05) is 13.8 Å². The smallest absolute Gasteiger partial charge is 0.237 e. The normalized spacial score (nSPS) is 23.7. The summed E-state index contributed by atoms with van der Waals surface area (Å²) in [7, 11) is 0. The van der Waals surface area contributed by atoms with Crippen LogP contribution in [0.1, 0.15) is 40.0 Å². The van der Waals surface area contributed by atoms with Gasteiger partial charge in [0, 0.05) is 13.1 Å². The zero-order valence-electron chi connectivity index (χ0n) is 11.3. The number of piperidine rings is 1. The van der Waals surface area contributed by atoms with Gasteiger partial charge in [-0.05, 0) is 38.6 Å². The Labute approximate surface area is 104 Å². The van der Waals surface area contributed by atoms with Gasteiger partial charge in [0.15, 0.2) is 0 Å². The quantitative estimate of drug-likeness (QED) is 0.756. The molecule has 2 N–H and O–H groups in total. The van der Waals surface area contributed by atoms with Crippen molar-refractivity contribution in [2.75, 3.05) is 19.6 Å². The topological polar surface area (TPSA) is 52.6 Å². The van der Waals surface area contributed by atoms with Crippen molar-refractivity contribution in [1.29, 1.82) is 0 Å². The first-order chi connectivity index (χ1) is 8.00. The van der Waals surface area contributed by atoms with Crippen molar-refractivity contribution >= 4 is 5.91 Å². The average molecular weight is 242 g/mol. The summed E-state index contributed by atoms with van der Waals surface area (Å²) in [5.74, 6) is 0.696. The third-order valence-corrected chi connectivity index (χ3v) is 3.38. The van der Waals surface area contributed by atoms with Gasteiger partial charge >= 0.3 is 0 Å². The zero-order valence-corrected chi connectivity index (χ0v) is 11.3. The van der Waals surface area contributed by atoms with E-state index in [2.05, 4.69) is 24.1 Å². The molecule has 0 aromatic heterocycles. The summed E-state index contributed by atoms with van der Waals surface area (Å²) >= 11 is 0. The summed E-state index contributed by atoms with van der Waals surface area (Å²) in [6.45, 7) is 8.50. The van der Waals surface area contributed by atoms with Gasteiger partial charge in [-0.25, -0.2) is 0 Å². The first kappa shape index (κ1) is 14.5. The van der Waals surface area contributed by atoms with Crippen LogP contribution >= 0.6 is 0 Å². The second-order valence-corrected chi connectivity index (χ2v) is 5.44. The number of hydrogen-bond acceptors (Lipinski definition) is 3. The van der Waals surface area contributed by atoms with Gasteiger partial charge in [0.2, 0.25) is 5.91 Å². The standard InChI is InChI=1S/C13H26N2O2/c1-10(2)6-7-14-13(17)11(3)15-8-4-5-12(16)9-15/h10-12,16H,4-9H2,1-3H3,(H,14,17). The molecule has 0 spiro atoms. The molecule has 0 bridgehead atoms. The Bertz CT molecular complexity index is 244. The number of rotatable bonds is 5. The lowest BCUT2D eigenvalue weighted by molar-refractivity contribution is -0.127. The number of β-amino-alcohol motifs (C(OH)–C–C–N with tert-alkyl or cyclic N) is 1. The molecular formula is C13H26N2O2. The Morgan fingerprint density at radius 1 is 1.47 bits per heavy atom. The van der Waals surface area contributed by atoms with Crippen LogP contribution in [0.2, 0.25) is 0 Å². The molecule has 1 rings (SSSR count). The number of carbonyl (C=O) groups is 1. The molecule has 17 heavy (non-hydrogen) atoms. The van der Waals surface area contributed by atoms with Crippen molar-refractivity contribution in [3.05, 3.63) is 0 Å². The number of nitrogens with one attached hydrogen (secondary N) is 1. The van der Waals surface area contributed by atoms with E-state index in [9.17, 15) is 9.90 Å². The largest absolute Gasteiger partial charge is 0.392 e. The van der Waals surface area contributed by atoms with E-state index in [1.807, 2.05) is 6.92 Å². The van der Waals surface area contributed by atoms with Crippen molar-refractivity contribution in [2.45, 2.75) is 52.2 Å². The van der Waals surface area contributed by atoms with E-state index in [1.165, 1.54) is 0 Å². The fraction of sp³-hybridized carbons (Fsp3) is 0.923. The van der Waals surface area contributed by atoms with Crippen LogP contribution in [0.5, 0.6) is 0 Å². The van der Waals surface area contributed by atoms with Gasteiger partial charge < -0.3 is 10.4 Å². The van der Waals surface area contributed by atoms with E-state index in [0.717, 1.165) is 32.4 Å². The summed E-state index contributed by atoms with van der Waals surface area (Å²) in [6.07, 6.45) is 2.58. The highest BCUT2D eigenvalue weighted by atomic mass is 16.3. The summed E-state index contributed by atoms with van der Waals surface area (Å²) in [5.41, 5.74) is 0. The third-order valence-electron chi connectivity index (χ3n) is 3.38. The van der Waals surface area contributed by atoms with E-state index in [4.69, 9.17) is 0 Å². The van der Waals surface area contributed by atoms with Crippen molar-refractivity contribution in [2.24, 2.45) is 5.92 Å². The second kappa shape index (κ2) is 6.97. The molecule has 100 valence electrons. The molecule has 1 heterocycles. The Morgan fingerprint density at radius 3 is 2.76 bits per heavy atom. The van der Waals surface area contributed by atoms with Gasteiger partial charge in [-0.3, -0.25) is 9.69 Å². The van der Waals surface area contributed by atoms with Gasteiger partial charge in [-0.15, -0.1) is 0 Å². The molecule has 0 aromatic carbocycles. The zero-order chi connectivity index (χ0) is 12.8. The lowest BCUT2D eigenvalue weighted by Crippen LogP contribution is -2.50. The number of nitrogens with zero attached hydrogens (tertiary/aromatic N) is 1. The SMILES string of the molecule is CC(C)CCNC(=O)C(C)N1CCCC(O)C1. The molecule has 4 nitrogen and oxygen atoms in total. The minimum absolute atomic E-state index is 0.0831. The highest BCUT2D eigenvalue weighted by Crippen LogP contribution is 2.12. The molecule has 2 unspecified atom stereocenters. The molecule has 1 aliphatic heterocycles. The van der Waals surface area contributed by atoms with Gasteiger partial charge in [0.25, 0.3) is 0 Å². The van der Waals surface area contributed by atoms with E-state index < -0.39 is 0 Å². The second-order valence-electron chi connectivity index (χ2n) is 5.44. The molecule has 1 aliphatic rings. The maximum atomic E-state index is 11.9. The van der Waals surface area contributed by atoms with E-state index in [1.54, 1.807) is 0 Å². The Morgan fingerprint density at radius 2 is 2.18 bits per heavy atom. The fourth-order valence-corrected chi connectivity index (χ4v) is 2.13. The summed E-state index contributed by atoms with van der Waals surface area (Å²) in [5, 5.41) is 12.5. The van der Waals surface area contributed by atoms with E-state index in [0.29, 0.717) is 12.5 Å². The summed E-state index contributed by atoms with van der Waals surface area (Å²) in [6, 6.07) is -0.128. The summed E-state index contributed by atoms with van der Waals surface area (Å²) < 4.78 is 0. The Kier molecular flexibility index (Phi) is 5.92. The Balaban J connectivity index is 2.30. The van der Waals surface area contributed by atoms with Crippen LogP contribution in [-0.2, 0) is 4.79 Å². The van der Waals surface area contributed by atoms with Crippen molar-refractivity contribution < 1.29 is 9.90 Å². The maximum absolute atomic E-state index is 11.9. The third kappa shape index (κ3) is 5.04. The number of amides is 1. The van der Waals surface area contributed by atoms with Crippen LogP contribution in [0.25, 0.3) is 0 Å². The van der Waals surface area contributed by atoms with Gasteiger partial charge in [0.1, 0.15) is 0 Å². The van der Waals surface area contributed by atoms with Crippen molar-refractivity contribution in [1.82, 2.24) is 10.2 Å². The summed E-state index contributed by atoms with van der Waals surface area (Å²) in [4.78, 5) is 14.0. The first-order valence-electron chi connectivity index (χ1n) is 6.70. The van der Waals surface area contributed by atoms with Crippen LogP contribution in [0.15, 0.2) is 0 Å². The molecule has 1 saturated heterocycles. The minimum atomic E-state index is -0.269. The van der Waals surface area contributed by atoms with Crippen LogP contribution < -0.4 is 5.32 Å². The molecule has 4 heteroatoms. The van der Waals surface area contributed by atoms with Gasteiger partial charge in [-0.2, -0.15) is 0 Å². The van der Waals surface area contributed by atoms with Crippen LogP contribution in [-0.4, -0.2) is 47.7 Å². The monoisotopic (exact) mass is 242 g/mol. The van der Waals surface area contributed by atoms with Crippen LogP contribution in [0.4, 0.5) is 0 Å². The van der Waals surface area contributed by atoms with Crippen LogP contribution in [0, 0.1) is 5.92 Å². The maximum Gasteiger partial charge on any atom is 0.237 e. The first-order valence-corrected chi connectivity index (χ1v) is 6.70. The number of aliphatic hydroxyl groups excluding tert-OH is 1. The number of hydrogen-bond donors (Lipinski definition) is 2. The number of carbonyl (C=O) groups excluding carboxylic acids is 1. The highest BCUT2D eigenvalue weighted by molar-refractivity contribution is 5.81. The minimum Gasteiger partial charge on any atom is -0.392 e. The molecule has 1 fully saturated rings.